The van der Waals surface area contributed by atoms with E-state index in [1.807, 2.05) is 12.1 Å². The van der Waals surface area contributed by atoms with Crippen LogP contribution in [-0.4, -0.2) is 16.5 Å². The van der Waals surface area contributed by atoms with Crippen LogP contribution in [0.25, 0.3) is 15.2 Å². The molecule has 23 heavy (non-hydrogen) atoms. The molecular weight excluding hydrogens is 312 g/mol. The first-order valence-corrected chi connectivity index (χ1v) is 7.23. The summed E-state index contributed by atoms with van der Waals surface area (Å²) in [5.74, 6) is -0.512. The molecule has 1 N–H and O–H groups in total. The summed E-state index contributed by atoms with van der Waals surface area (Å²) in [6.07, 6.45) is 0. The molecule has 8 heteroatoms. The van der Waals surface area contributed by atoms with Crippen LogP contribution in [0.4, 0.5) is 0 Å². The lowest BCUT2D eigenvalue weighted by Crippen LogP contribution is -2.21. The molecule has 7 nitrogen and oxygen atoms in total. The number of rotatable bonds is 2. The predicted octanol–water partition coefficient (Wildman–Crippen LogP) is 2.04. The molecule has 0 saturated heterocycles. The number of nitriles is 3. The van der Waals surface area contributed by atoms with E-state index in [1.54, 1.807) is 31.4 Å². The van der Waals surface area contributed by atoms with Gasteiger partial charge in [-0.2, -0.15) is 15.8 Å². The fourth-order valence-electron chi connectivity index (χ4n) is 2.29. The Morgan fingerprint density at radius 3 is 2.65 bits per heavy atom. The molecule has 1 aromatic carbocycles. The largest absolute Gasteiger partial charge is 0.497 e. The summed E-state index contributed by atoms with van der Waals surface area (Å²) in [6.45, 7) is 0. The van der Waals surface area contributed by atoms with E-state index in [-0.39, 0.29) is 16.7 Å². The number of methoxy groups -OCH3 is 1. The number of benzene rings is 1. The van der Waals surface area contributed by atoms with E-state index < -0.39 is 5.92 Å². The minimum Gasteiger partial charge on any atom is -0.497 e. The van der Waals surface area contributed by atoms with Crippen molar-refractivity contribution in [3.8, 4) is 24.0 Å². The molecule has 0 aliphatic heterocycles. The number of thiazole rings is 1. The van der Waals surface area contributed by atoms with Crippen LogP contribution in [0.3, 0.4) is 0 Å². The zero-order valence-corrected chi connectivity index (χ0v) is 12.7. The third kappa shape index (κ3) is 2.08. The van der Waals surface area contributed by atoms with Crippen LogP contribution >= 0.6 is 11.3 Å². The Bertz CT molecular complexity index is 1110. The van der Waals surface area contributed by atoms with E-state index in [9.17, 15) is 5.26 Å². The standard InChI is InChI=1S/C15H8N6OS/c1-22-9-2-3-11-12(4-9)23-15-20-13(8(5-16)6-17)10(7-18)14(19)21(11)15/h2-4,8,19H,1H3. The number of nitrogens with zero attached hydrogens (tertiary/aromatic N) is 5. The van der Waals surface area contributed by atoms with Crippen LogP contribution in [0.5, 0.6) is 5.75 Å². The molecule has 0 amide bonds. The number of ether oxygens (including phenoxy) is 1. The molecule has 0 radical (unpaired) electrons. The first kappa shape index (κ1) is 14.5. The lowest BCUT2D eigenvalue weighted by molar-refractivity contribution is 0.415. The monoisotopic (exact) mass is 320 g/mol. The normalized spacial score (nSPS) is 10.4. The molecular formula is C15H8N6OS. The molecule has 0 atom stereocenters. The molecule has 0 unspecified atom stereocenters. The SMILES string of the molecule is COc1ccc2c(c1)sc1nc(C(C#N)C#N)c(C#N)c(=N)n12. The number of hydrogen-bond donors (Lipinski definition) is 1. The zero-order valence-electron chi connectivity index (χ0n) is 11.9. The van der Waals surface area contributed by atoms with E-state index in [1.165, 1.54) is 15.7 Å². The van der Waals surface area contributed by atoms with Crippen molar-refractivity contribution in [1.82, 2.24) is 9.38 Å². The Balaban J connectivity index is 2.47. The van der Waals surface area contributed by atoms with Crippen LogP contribution in [0.15, 0.2) is 18.2 Å². The maximum atomic E-state index is 9.33. The highest BCUT2D eigenvalue weighted by Gasteiger charge is 2.21. The molecule has 0 saturated carbocycles. The highest BCUT2D eigenvalue weighted by molar-refractivity contribution is 7.23. The number of nitrogens with one attached hydrogen (secondary N) is 1. The molecule has 0 bridgehead atoms. The van der Waals surface area contributed by atoms with Crippen molar-refractivity contribution in [1.29, 1.82) is 21.2 Å². The van der Waals surface area contributed by atoms with Gasteiger partial charge in [0.15, 0.2) is 16.4 Å². The van der Waals surface area contributed by atoms with E-state index in [0.29, 0.717) is 10.7 Å². The fourth-order valence-corrected chi connectivity index (χ4v) is 3.35. The second-order valence-corrected chi connectivity index (χ2v) is 5.59. The van der Waals surface area contributed by atoms with E-state index in [2.05, 4.69) is 4.98 Å². The Morgan fingerprint density at radius 1 is 1.30 bits per heavy atom. The second-order valence-electron chi connectivity index (χ2n) is 4.58. The highest BCUT2D eigenvalue weighted by atomic mass is 32.1. The van der Waals surface area contributed by atoms with Crippen molar-refractivity contribution in [2.24, 2.45) is 0 Å². The van der Waals surface area contributed by atoms with Crippen molar-refractivity contribution < 1.29 is 4.74 Å². The van der Waals surface area contributed by atoms with Gasteiger partial charge in [-0.25, -0.2) is 4.98 Å². The summed E-state index contributed by atoms with van der Waals surface area (Å²) >= 11 is 1.30. The molecule has 0 aliphatic carbocycles. The minimum atomic E-state index is -1.18. The Kier molecular flexibility index (Phi) is 3.42. The van der Waals surface area contributed by atoms with Crippen molar-refractivity contribution in [2.45, 2.75) is 5.92 Å². The van der Waals surface area contributed by atoms with Crippen molar-refractivity contribution in [3.63, 3.8) is 0 Å². The Morgan fingerprint density at radius 2 is 2.04 bits per heavy atom. The lowest BCUT2D eigenvalue weighted by Gasteiger charge is -2.05. The summed E-state index contributed by atoms with van der Waals surface area (Å²) in [4.78, 5) is 4.74. The summed E-state index contributed by atoms with van der Waals surface area (Å²) in [6, 6.07) is 10.8. The van der Waals surface area contributed by atoms with E-state index in [0.717, 1.165) is 10.2 Å². The molecule has 3 rings (SSSR count). The van der Waals surface area contributed by atoms with Crippen LogP contribution in [0.2, 0.25) is 0 Å². The van der Waals surface area contributed by atoms with Gasteiger partial charge < -0.3 is 4.74 Å². The Hall–Kier alpha value is -3.41. The van der Waals surface area contributed by atoms with E-state index in [4.69, 9.17) is 20.7 Å². The summed E-state index contributed by atoms with van der Waals surface area (Å²) in [5, 5.41) is 35.7. The first-order chi connectivity index (χ1) is 11.1. The second kappa shape index (κ2) is 5.42. The van der Waals surface area contributed by atoms with Gasteiger partial charge in [-0.15, -0.1) is 0 Å². The van der Waals surface area contributed by atoms with Gasteiger partial charge in [-0.3, -0.25) is 9.81 Å². The van der Waals surface area contributed by atoms with Gasteiger partial charge in [0.1, 0.15) is 17.4 Å². The molecule has 2 heterocycles. The Labute approximate surface area is 134 Å². The topological polar surface area (TPSA) is 122 Å². The van der Waals surface area contributed by atoms with Crippen LogP contribution in [0.1, 0.15) is 17.2 Å². The smallest absolute Gasteiger partial charge is 0.196 e. The molecule has 110 valence electrons. The fraction of sp³-hybridized carbons (Fsp3) is 0.133. The summed E-state index contributed by atoms with van der Waals surface area (Å²) in [5.41, 5.74) is 0.600. The van der Waals surface area contributed by atoms with Gasteiger partial charge in [0.05, 0.1) is 35.2 Å². The molecule has 2 aromatic heterocycles. The summed E-state index contributed by atoms with van der Waals surface area (Å²) < 4.78 is 7.55. The van der Waals surface area contributed by atoms with Crippen molar-refractivity contribution in [2.75, 3.05) is 7.11 Å². The van der Waals surface area contributed by atoms with Crippen molar-refractivity contribution in [3.05, 3.63) is 34.9 Å². The molecule has 3 aromatic rings. The van der Waals surface area contributed by atoms with Crippen LogP contribution in [0, 0.1) is 39.4 Å². The lowest BCUT2D eigenvalue weighted by atomic mass is 10.0. The molecule has 0 fully saturated rings. The van der Waals surface area contributed by atoms with Crippen LogP contribution < -0.4 is 10.2 Å². The van der Waals surface area contributed by atoms with Gasteiger partial charge in [-0.05, 0) is 18.2 Å². The van der Waals surface area contributed by atoms with Gasteiger partial charge in [-0.1, -0.05) is 11.3 Å². The average molecular weight is 320 g/mol. The van der Waals surface area contributed by atoms with Crippen LogP contribution in [-0.2, 0) is 0 Å². The van der Waals surface area contributed by atoms with Gasteiger partial charge in [0, 0.05) is 0 Å². The average Bonchev–Trinajstić information content (AvgIpc) is 2.93. The minimum absolute atomic E-state index is 0.0287. The summed E-state index contributed by atoms with van der Waals surface area (Å²) in [7, 11) is 1.56. The molecule has 0 spiro atoms. The number of fused-ring (bicyclic) bond motifs is 3. The van der Waals surface area contributed by atoms with E-state index >= 15 is 0 Å². The number of hydrogen-bond acceptors (Lipinski definition) is 7. The van der Waals surface area contributed by atoms with Gasteiger partial charge in [0.2, 0.25) is 0 Å². The third-order valence-electron chi connectivity index (χ3n) is 3.38. The highest BCUT2D eigenvalue weighted by Crippen LogP contribution is 2.29. The zero-order chi connectivity index (χ0) is 16.6. The first-order valence-electron chi connectivity index (χ1n) is 6.41. The maximum absolute atomic E-state index is 9.33. The van der Waals surface area contributed by atoms with Gasteiger partial charge >= 0.3 is 0 Å². The predicted molar refractivity (Wildman–Crippen MR) is 81.7 cm³/mol. The van der Waals surface area contributed by atoms with Crippen molar-refractivity contribution >= 4 is 26.5 Å². The number of aromatic nitrogens is 2. The molecule has 0 aliphatic rings. The maximum Gasteiger partial charge on any atom is 0.196 e. The van der Waals surface area contributed by atoms with Gasteiger partial charge in [0.25, 0.3) is 0 Å². The third-order valence-corrected chi connectivity index (χ3v) is 4.38. The quantitative estimate of drug-likeness (QED) is 0.774.